The van der Waals surface area contributed by atoms with Crippen LogP contribution in [0.3, 0.4) is 0 Å². The van der Waals surface area contributed by atoms with Gasteiger partial charge in [0.15, 0.2) is 0 Å². The van der Waals surface area contributed by atoms with E-state index in [4.69, 9.17) is 0 Å². The number of hydrogen-bond acceptors (Lipinski definition) is 3. The number of aliphatic hydroxyl groups is 1. The maximum atomic E-state index is 9.98. The van der Waals surface area contributed by atoms with Crippen molar-refractivity contribution in [3.05, 3.63) is 41.6 Å². The Morgan fingerprint density at radius 3 is 2.88 bits per heavy atom. The lowest BCUT2D eigenvalue weighted by Gasteiger charge is -2.12. The van der Waals surface area contributed by atoms with Crippen LogP contribution in [0, 0.1) is 6.92 Å². The summed E-state index contributed by atoms with van der Waals surface area (Å²) in [6.07, 6.45) is -0.458. The third kappa shape index (κ3) is 2.81. The van der Waals surface area contributed by atoms with E-state index >= 15 is 0 Å². The first-order valence-corrected chi connectivity index (χ1v) is 5.97. The fourth-order valence-electron chi connectivity index (χ4n) is 1.85. The lowest BCUT2D eigenvalue weighted by atomic mass is 10.1. The zero-order chi connectivity index (χ0) is 12.3. The number of pyridine rings is 1. The van der Waals surface area contributed by atoms with Crippen LogP contribution >= 0.6 is 0 Å². The van der Waals surface area contributed by atoms with E-state index < -0.39 is 6.10 Å². The number of nitrogens with zero attached hydrogens (tertiary/aromatic N) is 1. The molecule has 90 valence electrons. The van der Waals surface area contributed by atoms with Crippen LogP contribution in [0.1, 0.15) is 24.3 Å². The van der Waals surface area contributed by atoms with E-state index in [9.17, 15) is 5.11 Å². The molecule has 3 heteroatoms. The summed E-state index contributed by atoms with van der Waals surface area (Å²) in [5, 5.41) is 14.2. The van der Waals surface area contributed by atoms with Gasteiger partial charge in [-0.1, -0.05) is 19.1 Å². The maximum absolute atomic E-state index is 9.98. The molecule has 0 bridgehead atoms. The number of aromatic nitrogens is 1. The van der Waals surface area contributed by atoms with Crippen LogP contribution in [0.15, 0.2) is 30.3 Å². The Labute approximate surface area is 102 Å². The first kappa shape index (κ1) is 12.0. The highest BCUT2D eigenvalue weighted by molar-refractivity contribution is 5.79. The third-order valence-corrected chi connectivity index (χ3v) is 2.82. The smallest absolute Gasteiger partial charge is 0.0914 e. The predicted octanol–water partition coefficient (Wildman–Crippen LogP) is 2.19. The lowest BCUT2D eigenvalue weighted by molar-refractivity contribution is 0.176. The molecule has 0 fully saturated rings. The Balaban J connectivity index is 2.28. The minimum atomic E-state index is -0.458. The van der Waals surface area contributed by atoms with Gasteiger partial charge in [0.1, 0.15) is 0 Å². The van der Waals surface area contributed by atoms with Gasteiger partial charge in [0, 0.05) is 17.6 Å². The molecule has 1 atom stereocenters. The van der Waals surface area contributed by atoms with Crippen molar-refractivity contribution >= 4 is 10.9 Å². The number of rotatable bonds is 4. The monoisotopic (exact) mass is 230 g/mol. The molecule has 3 nitrogen and oxygen atoms in total. The Kier molecular flexibility index (Phi) is 3.71. The average Bonchev–Trinajstić information content (AvgIpc) is 2.35. The van der Waals surface area contributed by atoms with Crippen LogP contribution in [0.2, 0.25) is 0 Å². The van der Waals surface area contributed by atoms with Crippen LogP contribution < -0.4 is 5.32 Å². The molecule has 17 heavy (non-hydrogen) atoms. The van der Waals surface area contributed by atoms with Gasteiger partial charge < -0.3 is 10.4 Å². The van der Waals surface area contributed by atoms with Crippen LogP contribution in [0.25, 0.3) is 10.9 Å². The highest BCUT2D eigenvalue weighted by Gasteiger charge is 2.07. The second kappa shape index (κ2) is 5.25. The van der Waals surface area contributed by atoms with E-state index in [1.54, 1.807) is 0 Å². The van der Waals surface area contributed by atoms with E-state index in [-0.39, 0.29) is 0 Å². The molecule has 1 heterocycles. The fourth-order valence-corrected chi connectivity index (χ4v) is 1.85. The third-order valence-electron chi connectivity index (χ3n) is 2.82. The van der Waals surface area contributed by atoms with Gasteiger partial charge >= 0.3 is 0 Å². The van der Waals surface area contributed by atoms with E-state index in [0.717, 1.165) is 28.7 Å². The molecule has 1 aromatic heterocycles. The standard InChI is InChI=1S/C14H18N2O/c1-3-15-9-14(17)12-6-7-13-11(8-12)5-4-10(2)16-13/h4-8,14-15,17H,3,9H2,1-2H3. The summed E-state index contributed by atoms with van der Waals surface area (Å²) in [6, 6.07) is 9.94. The van der Waals surface area contributed by atoms with Gasteiger partial charge in [0.05, 0.1) is 11.6 Å². The average molecular weight is 230 g/mol. The van der Waals surface area contributed by atoms with Crippen molar-refractivity contribution in [2.45, 2.75) is 20.0 Å². The summed E-state index contributed by atoms with van der Waals surface area (Å²) in [7, 11) is 0. The van der Waals surface area contributed by atoms with Gasteiger partial charge in [0.2, 0.25) is 0 Å². The van der Waals surface area contributed by atoms with Gasteiger partial charge in [-0.3, -0.25) is 4.98 Å². The van der Waals surface area contributed by atoms with Crippen molar-refractivity contribution < 1.29 is 5.11 Å². The normalized spacial score (nSPS) is 12.9. The summed E-state index contributed by atoms with van der Waals surface area (Å²) in [4.78, 5) is 4.44. The number of fused-ring (bicyclic) bond motifs is 1. The topological polar surface area (TPSA) is 45.1 Å². The van der Waals surface area contributed by atoms with Crippen molar-refractivity contribution in [1.29, 1.82) is 0 Å². The second-order valence-corrected chi connectivity index (χ2v) is 4.23. The number of nitrogens with one attached hydrogen (secondary N) is 1. The molecule has 0 spiro atoms. The molecule has 0 aliphatic rings. The van der Waals surface area contributed by atoms with Gasteiger partial charge in [-0.25, -0.2) is 0 Å². The van der Waals surface area contributed by atoms with Crippen molar-refractivity contribution in [3.8, 4) is 0 Å². The molecule has 2 aromatic rings. The van der Waals surface area contributed by atoms with E-state index in [0.29, 0.717) is 6.54 Å². The molecule has 2 rings (SSSR count). The molecule has 0 radical (unpaired) electrons. The minimum absolute atomic E-state index is 0.458. The van der Waals surface area contributed by atoms with Crippen molar-refractivity contribution in [1.82, 2.24) is 10.3 Å². The number of aryl methyl sites for hydroxylation is 1. The summed E-state index contributed by atoms with van der Waals surface area (Å²) in [6.45, 7) is 5.46. The van der Waals surface area contributed by atoms with Crippen molar-refractivity contribution in [2.24, 2.45) is 0 Å². The summed E-state index contributed by atoms with van der Waals surface area (Å²) in [5.41, 5.74) is 2.92. The number of likely N-dealkylation sites (N-methyl/N-ethyl adjacent to an activating group) is 1. The van der Waals surface area contributed by atoms with Crippen molar-refractivity contribution in [2.75, 3.05) is 13.1 Å². The Morgan fingerprint density at radius 2 is 2.12 bits per heavy atom. The quantitative estimate of drug-likeness (QED) is 0.846. The predicted molar refractivity (Wildman–Crippen MR) is 70.0 cm³/mol. The molecular weight excluding hydrogens is 212 g/mol. The number of benzene rings is 1. The molecule has 0 aliphatic heterocycles. The largest absolute Gasteiger partial charge is 0.387 e. The Morgan fingerprint density at radius 1 is 1.29 bits per heavy atom. The van der Waals surface area contributed by atoms with Gasteiger partial charge in [-0.05, 0) is 37.2 Å². The molecule has 0 amide bonds. The SMILES string of the molecule is CCNCC(O)c1ccc2nc(C)ccc2c1. The molecule has 0 saturated heterocycles. The number of aliphatic hydroxyl groups excluding tert-OH is 1. The molecule has 1 unspecified atom stereocenters. The lowest BCUT2D eigenvalue weighted by Crippen LogP contribution is -2.20. The van der Waals surface area contributed by atoms with E-state index in [1.165, 1.54) is 0 Å². The van der Waals surface area contributed by atoms with Crippen molar-refractivity contribution in [3.63, 3.8) is 0 Å². The van der Waals surface area contributed by atoms with Crippen LogP contribution in [-0.4, -0.2) is 23.2 Å². The molecule has 0 saturated carbocycles. The first-order valence-electron chi connectivity index (χ1n) is 5.97. The van der Waals surface area contributed by atoms with E-state index in [2.05, 4.69) is 10.3 Å². The highest BCUT2D eigenvalue weighted by Crippen LogP contribution is 2.19. The first-order chi connectivity index (χ1) is 8.20. The number of hydrogen-bond donors (Lipinski definition) is 2. The van der Waals surface area contributed by atoms with E-state index in [1.807, 2.05) is 44.2 Å². The fraction of sp³-hybridized carbons (Fsp3) is 0.357. The minimum Gasteiger partial charge on any atom is -0.387 e. The zero-order valence-corrected chi connectivity index (χ0v) is 10.3. The molecule has 1 aromatic carbocycles. The molecular formula is C14H18N2O. The summed E-state index contributed by atoms with van der Waals surface area (Å²) >= 11 is 0. The van der Waals surface area contributed by atoms with Gasteiger partial charge in [0.25, 0.3) is 0 Å². The maximum Gasteiger partial charge on any atom is 0.0914 e. The second-order valence-electron chi connectivity index (χ2n) is 4.23. The molecule has 0 aliphatic carbocycles. The summed E-state index contributed by atoms with van der Waals surface area (Å²) < 4.78 is 0. The highest BCUT2D eigenvalue weighted by atomic mass is 16.3. The van der Waals surface area contributed by atoms with Crippen LogP contribution in [0.5, 0.6) is 0 Å². The van der Waals surface area contributed by atoms with Gasteiger partial charge in [-0.2, -0.15) is 0 Å². The Bertz CT molecular complexity index is 511. The van der Waals surface area contributed by atoms with Crippen LogP contribution in [-0.2, 0) is 0 Å². The van der Waals surface area contributed by atoms with Crippen LogP contribution in [0.4, 0.5) is 0 Å². The van der Waals surface area contributed by atoms with Gasteiger partial charge in [-0.15, -0.1) is 0 Å². The molecule has 2 N–H and O–H groups in total. The zero-order valence-electron chi connectivity index (χ0n) is 10.3. The Hall–Kier alpha value is -1.45. The summed E-state index contributed by atoms with van der Waals surface area (Å²) in [5.74, 6) is 0.